The van der Waals surface area contributed by atoms with E-state index in [2.05, 4.69) is 15.3 Å². The van der Waals surface area contributed by atoms with Gasteiger partial charge in [0.2, 0.25) is 0 Å². The Bertz CT molecular complexity index is 1070. The fourth-order valence-corrected chi connectivity index (χ4v) is 4.01. The molecule has 7 nitrogen and oxygen atoms in total. The summed E-state index contributed by atoms with van der Waals surface area (Å²) in [6, 6.07) is 6.27. The second-order valence-electron chi connectivity index (χ2n) is 6.93. The summed E-state index contributed by atoms with van der Waals surface area (Å²) in [5.74, 6) is -0.640. The maximum absolute atomic E-state index is 14.3. The Hall–Kier alpha value is -2.72. The van der Waals surface area contributed by atoms with Crippen LogP contribution in [0, 0.1) is 25.5 Å². The number of aromatic nitrogens is 4. The zero-order chi connectivity index (χ0) is 20.7. The lowest BCUT2D eigenvalue weighted by atomic mass is 10.1. The van der Waals surface area contributed by atoms with Crippen LogP contribution in [0.4, 0.5) is 14.6 Å². The first-order valence-corrected chi connectivity index (χ1v) is 10.00. The monoisotopic (exact) mass is 417 g/mol. The van der Waals surface area contributed by atoms with Crippen LogP contribution in [0.5, 0.6) is 0 Å². The van der Waals surface area contributed by atoms with E-state index in [9.17, 15) is 8.78 Å². The first kappa shape index (κ1) is 19.6. The Morgan fingerprint density at radius 3 is 2.66 bits per heavy atom. The molecule has 29 heavy (non-hydrogen) atoms. The number of halogens is 2. The molecular formula is C19H21F2N7S. The van der Waals surface area contributed by atoms with E-state index in [1.54, 1.807) is 24.2 Å². The topological polar surface area (TPSA) is 77.3 Å². The van der Waals surface area contributed by atoms with E-state index in [-0.39, 0.29) is 18.2 Å². The molecule has 3 aromatic rings. The van der Waals surface area contributed by atoms with Gasteiger partial charge >= 0.3 is 0 Å². The summed E-state index contributed by atoms with van der Waals surface area (Å²) in [4.78, 5) is 0. The zero-order valence-corrected chi connectivity index (χ0v) is 17.1. The summed E-state index contributed by atoms with van der Waals surface area (Å²) in [5, 5.41) is 15.8. The highest BCUT2D eigenvalue weighted by Gasteiger charge is 2.30. The summed E-state index contributed by atoms with van der Waals surface area (Å²) in [5.41, 5.74) is 7.08. The molecule has 2 atom stereocenters. The lowest BCUT2D eigenvalue weighted by Gasteiger charge is -2.15. The number of benzene rings is 1. The van der Waals surface area contributed by atoms with Crippen molar-refractivity contribution in [3.63, 3.8) is 0 Å². The molecule has 0 saturated heterocycles. The average Bonchev–Trinajstić information content (AvgIpc) is 3.41. The molecule has 2 unspecified atom stereocenters. The number of hydrazone groups is 1. The lowest BCUT2D eigenvalue weighted by Crippen LogP contribution is -2.32. The average molecular weight is 417 g/mol. The quantitative estimate of drug-likeness (QED) is 0.689. The van der Waals surface area contributed by atoms with Gasteiger partial charge < -0.3 is 5.73 Å². The largest absolute Gasteiger partial charge is 0.301 e. The molecule has 4 rings (SSSR count). The summed E-state index contributed by atoms with van der Waals surface area (Å²) < 4.78 is 31.6. The van der Waals surface area contributed by atoms with Crippen molar-refractivity contribution < 1.29 is 8.78 Å². The number of hydrogen-bond donors (Lipinski definition) is 1. The third-order valence-electron chi connectivity index (χ3n) is 4.75. The van der Waals surface area contributed by atoms with Crippen LogP contribution >= 0.6 is 11.8 Å². The number of rotatable bonds is 5. The van der Waals surface area contributed by atoms with Gasteiger partial charge in [-0.1, -0.05) is 17.8 Å². The predicted octanol–water partition coefficient (Wildman–Crippen LogP) is 3.39. The van der Waals surface area contributed by atoms with Gasteiger partial charge in [-0.3, -0.25) is 9.36 Å². The van der Waals surface area contributed by atoms with E-state index < -0.39 is 17.1 Å². The van der Waals surface area contributed by atoms with Crippen molar-refractivity contribution in [1.82, 2.24) is 19.6 Å². The summed E-state index contributed by atoms with van der Waals surface area (Å²) >= 11 is 1.42. The second kappa shape index (κ2) is 7.60. The van der Waals surface area contributed by atoms with Gasteiger partial charge in [0, 0.05) is 24.0 Å². The van der Waals surface area contributed by atoms with Crippen molar-refractivity contribution >= 4 is 22.6 Å². The maximum Gasteiger partial charge on any atom is 0.173 e. The normalized spacial score (nSPS) is 17.7. The molecule has 0 aliphatic carbocycles. The summed E-state index contributed by atoms with van der Waals surface area (Å²) in [6.45, 7) is 5.51. The molecule has 0 spiro atoms. The smallest absolute Gasteiger partial charge is 0.173 e. The molecule has 0 bridgehead atoms. The Kier molecular flexibility index (Phi) is 5.13. The van der Waals surface area contributed by atoms with Gasteiger partial charge in [0.05, 0.1) is 18.3 Å². The Balaban J connectivity index is 1.55. The number of anilines is 1. The number of hydrogen-bond acceptors (Lipinski definition) is 6. The summed E-state index contributed by atoms with van der Waals surface area (Å²) in [7, 11) is 0. The standard InChI is InChI=1S/C19H21F2N7S/c1-11-4-5-15(20)14(17(11)21)10-26-8-7-16(24-26)28-19(22)29-18(25-28)13(3)27-9-6-12(2)23-27/h4-9,13,19H,10,22H2,1-3H3. The lowest BCUT2D eigenvalue weighted by molar-refractivity contribution is 0.528. The van der Waals surface area contributed by atoms with Crippen LogP contribution < -0.4 is 10.7 Å². The molecule has 1 aliphatic rings. The molecule has 0 fully saturated rings. The first-order valence-electron chi connectivity index (χ1n) is 9.12. The van der Waals surface area contributed by atoms with Crippen molar-refractivity contribution in [3.8, 4) is 0 Å². The van der Waals surface area contributed by atoms with Gasteiger partial charge in [-0.05, 0) is 38.5 Å². The van der Waals surface area contributed by atoms with Crippen LogP contribution in [-0.2, 0) is 6.54 Å². The van der Waals surface area contributed by atoms with Gasteiger partial charge in [-0.2, -0.15) is 15.3 Å². The molecule has 0 radical (unpaired) electrons. The zero-order valence-electron chi connectivity index (χ0n) is 16.3. The molecule has 0 saturated carbocycles. The Labute approximate surface area is 171 Å². The number of nitrogens with two attached hydrogens (primary N) is 1. The molecule has 0 amide bonds. The Morgan fingerprint density at radius 2 is 1.93 bits per heavy atom. The van der Waals surface area contributed by atoms with Crippen LogP contribution in [-0.4, -0.2) is 30.1 Å². The molecule has 10 heteroatoms. The van der Waals surface area contributed by atoms with Gasteiger partial charge in [0.15, 0.2) is 11.3 Å². The van der Waals surface area contributed by atoms with Crippen molar-refractivity contribution in [1.29, 1.82) is 0 Å². The van der Waals surface area contributed by atoms with Crippen LogP contribution in [0.15, 0.2) is 41.8 Å². The van der Waals surface area contributed by atoms with E-state index in [1.165, 1.54) is 28.6 Å². The third-order valence-corrected chi connectivity index (χ3v) is 5.85. The van der Waals surface area contributed by atoms with Crippen molar-refractivity contribution in [2.24, 2.45) is 10.8 Å². The number of thioether (sulfide) groups is 1. The molecular weight excluding hydrogens is 396 g/mol. The fourth-order valence-electron chi connectivity index (χ4n) is 3.07. The molecule has 152 valence electrons. The van der Waals surface area contributed by atoms with Crippen LogP contribution in [0.3, 0.4) is 0 Å². The van der Waals surface area contributed by atoms with Gasteiger partial charge in [0.25, 0.3) is 0 Å². The number of aryl methyl sites for hydroxylation is 2. The van der Waals surface area contributed by atoms with E-state index in [4.69, 9.17) is 5.73 Å². The van der Waals surface area contributed by atoms with E-state index >= 15 is 0 Å². The predicted molar refractivity (Wildman–Crippen MR) is 110 cm³/mol. The van der Waals surface area contributed by atoms with Crippen LogP contribution in [0.25, 0.3) is 0 Å². The van der Waals surface area contributed by atoms with Gasteiger partial charge in [-0.15, -0.1) is 0 Å². The van der Waals surface area contributed by atoms with E-state index in [0.717, 1.165) is 10.7 Å². The first-order chi connectivity index (χ1) is 13.8. The highest BCUT2D eigenvalue weighted by Crippen LogP contribution is 2.32. The van der Waals surface area contributed by atoms with Crippen LogP contribution in [0.1, 0.15) is 29.8 Å². The highest BCUT2D eigenvalue weighted by atomic mass is 32.2. The van der Waals surface area contributed by atoms with Gasteiger partial charge in [-0.25, -0.2) is 13.8 Å². The minimum atomic E-state index is -0.595. The van der Waals surface area contributed by atoms with E-state index in [1.807, 2.05) is 30.8 Å². The minimum absolute atomic E-state index is 0.0187. The van der Waals surface area contributed by atoms with Gasteiger partial charge in [0.1, 0.15) is 16.7 Å². The third kappa shape index (κ3) is 3.77. The van der Waals surface area contributed by atoms with E-state index in [0.29, 0.717) is 11.4 Å². The minimum Gasteiger partial charge on any atom is -0.301 e. The molecule has 3 heterocycles. The summed E-state index contributed by atoms with van der Waals surface area (Å²) in [6.07, 6.45) is 3.55. The van der Waals surface area contributed by atoms with Crippen LogP contribution in [0.2, 0.25) is 0 Å². The SMILES string of the molecule is Cc1ccn(C(C)C2=NN(c3ccn(Cc4c(F)ccc(C)c4F)n3)C(N)S2)n1. The van der Waals surface area contributed by atoms with Crippen molar-refractivity contribution in [2.75, 3.05) is 5.01 Å². The molecule has 2 aromatic heterocycles. The maximum atomic E-state index is 14.3. The number of nitrogens with zero attached hydrogens (tertiary/aromatic N) is 6. The van der Waals surface area contributed by atoms with Crippen molar-refractivity contribution in [3.05, 3.63) is 65.1 Å². The van der Waals surface area contributed by atoms with Crippen molar-refractivity contribution in [2.45, 2.75) is 38.9 Å². The fraction of sp³-hybridized carbons (Fsp3) is 0.316. The molecule has 1 aromatic carbocycles. The molecule has 1 aliphatic heterocycles. The second-order valence-corrected chi connectivity index (χ2v) is 8.07. The highest BCUT2D eigenvalue weighted by molar-refractivity contribution is 8.14. The Morgan fingerprint density at radius 1 is 1.14 bits per heavy atom. The molecule has 2 N–H and O–H groups in total.